The fraction of sp³-hybridized carbons (Fsp3) is 0.348. The van der Waals surface area contributed by atoms with Crippen LogP contribution in [-0.4, -0.2) is 22.0 Å². The highest BCUT2D eigenvalue weighted by atomic mass is 127. The molecule has 0 saturated carbocycles. The number of ether oxygens (including phenoxy) is 1. The monoisotopic (exact) mass is 581 g/mol. The fourth-order valence-corrected chi connectivity index (χ4v) is 3.96. The third-order valence-corrected chi connectivity index (χ3v) is 6.15. The zero-order valence-electron chi connectivity index (χ0n) is 17.4. The number of rotatable bonds is 8. The van der Waals surface area contributed by atoms with E-state index in [1.165, 1.54) is 4.68 Å². The van der Waals surface area contributed by atoms with Gasteiger partial charge in [0.1, 0.15) is 11.6 Å². The fourth-order valence-electron chi connectivity index (χ4n) is 2.93. The number of benzene rings is 2. The van der Waals surface area contributed by atoms with Crippen molar-refractivity contribution in [3.05, 3.63) is 66.2 Å². The highest BCUT2D eigenvalue weighted by Crippen LogP contribution is 2.23. The summed E-state index contributed by atoms with van der Waals surface area (Å²) in [7, 11) is 0. The molecule has 1 heterocycles. The first-order valence-electron chi connectivity index (χ1n) is 10.1. The van der Waals surface area contributed by atoms with Gasteiger partial charge in [-0.05, 0) is 84.3 Å². The average Bonchev–Trinajstić information content (AvgIpc) is 2.73. The number of nitrogens with zero attached hydrogens (tertiary/aromatic N) is 3. The Morgan fingerprint density at radius 3 is 2.77 bits per heavy atom. The van der Waals surface area contributed by atoms with Gasteiger partial charge in [0.05, 0.1) is 26.8 Å². The van der Waals surface area contributed by atoms with E-state index in [0.29, 0.717) is 23.1 Å². The highest BCUT2D eigenvalue weighted by Gasteiger charge is 2.11. The summed E-state index contributed by atoms with van der Waals surface area (Å²) in [6.07, 6.45) is 5.50. The van der Waals surface area contributed by atoms with Crippen molar-refractivity contribution in [2.45, 2.75) is 52.6 Å². The van der Waals surface area contributed by atoms with E-state index < -0.39 is 0 Å². The summed E-state index contributed by atoms with van der Waals surface area (Å²) < 4.78 is 9.22. The predicted octanol–water partition coefficient (Wildman–Crippen LogP) is 6.17. The quantitative estimate of drug-likeness (QED) is 0.236. The molecule has 158 valence electrons. The summed E-state index contributed by atoms with van der Waals surface area (Å²) in [6.45, 7) is 6.28. The molecule has 1 atom stereocenters. The molecular weight excluding hydrogens is 557 g/mol. The third-order valence-electron chi connectivity index (χ3n) is 4.81. The van der Waals surface area contributed by atoms with Crippen molar-refractivity contribution >= 4 is 55.6 Å². The Morgan fingerprint density at radius 1 is 1.27 bits per heavy atom. The van der Waals surface area contributed by atoms with Crippen LogP contribution in [0.25, 0.3) is 10.9 Å². The Hall–Kier alpha value is -1.74. The van der Waals surface area contributed by atoms with Crippen LogP contribution in [0.1, 0.15) is 51.4 Å². The van der Waals surface area contributed by atoms with Gasteiger partial charge < -0.3 is 4.74 Å². The van der Waals surface area contributed by atoms with Crippen molar-refractivity contribution in [3.63, 3.8) is 0 Å². The van der Waals surface area contributed by atoms with Crippen LogP contribution in [0, 0.1) is 3.57 Å². The van der Waals surface area contributed by atoms with Crippen molar-refractivity contribution < 1.29 is 4.74 Å². The maximum absolute atomic E-state index is 13.1. The molecule has 1 aromatic heterocycles. The maximum Gasteiger partial charge on any atom is 0.282 e. The van der Waals surface area contributed by atoms with E-state index in [1.807, 2.05) is 30.3 Å². The minimum atomic E-state index is -0.157. The van der Waals surface area contributed by atoms with Crippen LogP contribution < -0.4 is 10.3 Å². The average molecular weight is 582 g/mol. The second-order valence-electron chi connectivity index (χ2n) is 7.18. The minimum Gasteiger partial charge on any atom is -0.490 e. The van der Waals surface area contributed by atoms with Crippen molar-refractivity contribution in [1.29, 1.82) is 0 Å². The molecule has 5 nitrogen and oxygen atoms in total. The second kappa shape index (κ2) is 10.5. The molecule has 30 heavy (non-hydrogen) atoms. The molecule has 0 aliphatic carbocycles. The van der Waals surface area contributed by atoms with E-state index in [1.54, 1.807) is 12.3 Å². The number of unbranched alkanes of at least 4 members (excludes halogenated alkanes) is 1. The largest absolute Gasteiger partial charge is 0.490 e. The van der Waals surface area contributed by atoms with Gasteiger partial charge in [-0.1, -0.05) is 36.2 Å². The normalized spacial score (nSPS) is 12.6. The first kappa shape index (κ1) is 22.9. The Balaban J connectivity index is 1.99. The lowest BCUT2D eigenvalue weighted by atomic mass is 10.2. The van der Waals surface area contributed by atoms with Crippen LogP contribution in [-0.2, 0) is 6.42 Å². The van der Waals surface area contributed by atoms with Crippen molar-refractivity contribution in [2.24, 2.45) is 5.10 Å². The summed E-state index contributed by atoms with van der Waals surface area (Å²) in [5, 5.41) is 5.06. The number of hydrogen-bond donors (Lipinski definition) is 0. The number of aryl methyl sites for hydroxylation is 1. The molecule has 0 saturated heterocycles. The number of halogens is 2. The number of hydrogen-bond acceptors (Lipinski definition) is 4. The van der Waals surface area contributed by atoms with Gasteiger partial charge in [0.2, 0.25) is 0 Å². The smallest absolute Gasteiger partial charge is 0.282 e. The van der Waals surface area contributed by atoms with E-state index in [0.717, 1.165) is 38.6 Å². The molecule has 0 spiro atoms. The van der Waals surface area contributed by atoms with Crippen molar-refractivity contribution in [3.8, 4) is 5.75 Å². The number of fused-ring (bicyclic) bond motifs is 1. The van der Waals surface area contributed by atoms with Crippen LogP contribution in [0.4, 0.5) is 0 Å². The molecular formula is C23H25BrIN3O2. The van der Waals surface area contributed by atoms with Crippen molar-refractivity contribution in [2.75, 3.05) is 0 Å². The predicted molar refractivity (Wildman–Crippen MR) is 135 cm³/mol. The topological polar surface area (TPSA) is 56.5 Å². The molecule has 0 radical (unpaired) electrons. The van der Waals surface area contributed by atoms with E-state index in [-0.39, 0.29) is 11.7 Å². The lowest BCUT2D eigenvalue weighted by molar-refractivity contribution is 0.216. The second-order valence-corrected chi connectivity index (χ2v) is 9.26. The van der Waals surface area contributed by atoms with Crippen LogP contribution >= 0.6 is 38.5 Å². The van der Waals surface area contributed by atoms with Gasteiger partial charge in [-0.15, -0.1) is 0 Å². The van der Waals surface area contributed by atoms with E-state index in [4.69, 9.17) is 9.72 Å². The van der Waals surface area contributed by atoms with Gasteiger partial charge >= 0.3 is 0 Å². The Bertz CT molecular complexity index is 1130. The molecule has 0 fully saturated rings. The summed E-state index contributed by atoms with van der Waals surface area (Å²) in [4.78, 5) is 17.8. The lowest BCUT2D eigenvalue weighted by Gasteiger charge is -2.14. The van der Waals surface area contributed by atoms with E-state index in [2.05, 4.69) is 64.4 Å². The highest BCUT2D eigenvalue weighted by molar-refractivity contribution is 14.1. The molecule has 3 aromatic rings. The van der Waals surface area contributed by atoms with Crippen LogP contribution in [0.3, 0.4) is 0 Å². The first-order chi connectivity index (χ1) is 14.4. The van der Waals surface area contributed by atoms with Gasteiger partial charge in [-0.2, -0.15) is 9.78 Å². The van der Waals surface area contributed by atoms with Gasteiger partial charge in [0, 0.05) is 10.9 Å². The molecule has 7 heteroatoms. The molecule has 0 amide bonds. The number of aromatic nitrogens is 2. The molecule has 0 aliphatic rings. The minimum absolute atomic E-state index is 0.157. The zero-order valence-corrected chi connectivity index (χ0v) is 21.1. The molecule has 2 aromatic carbocycles. The standard InChI is InChI=1S/C23H25BrIN3O2/c1-4-6-7-22-27-20-10-9-17(24)13-18(20)23(29)28(22)26-14-16-8-11-21(19(25)12-16)30-15(3)5-2/h8-15H,4-7H2,1-3H3/t15-/m1/s1. The van der Waals surface area contributed by atoms with Crippen molar-refractivity contribution in [1.82, 2.24) is 9.66 Å². The van der Waals surface area contributed by atoms with Crippen LogP contribution in [0.2, 0.25) is 0 Å². The first-order valence-corrected chi connectivity index (χ1v) is 12.0. The van der Waals surface area contributed by atoms with E-state index >= 15 is 0 Å². The van der Waals surface area contributed by atoms with Gasteiger partial charge in [0.25, 0.3) is 5.56 Å². The van der Waals surface area contributed by atoms with Gasteiger partial charge in [-0.3, -0.25) is 4.79 Å². The van der Waals surface area contributed by atoms with Crippen LogP contribution in [0.5, 0.6) is 5.75 Å². The molecule has 0 unspecified atom stereocenters. The maximum atomic E-state index is 13.1. The van der Waals surface area contributed by atoms with Gasteiger partial charge in [-0.25, -0.2) is 4.98 Å². The van der Waals surface area contributed by atoms with Gasteiger partial charge in [0.15, 0.2) is 0 Å². The summed E-state index contributed by atoms with van der Waals surface area (Å²) in [5.41, 5.74) is 1.44. The lowest BCUT2D eigenvalue weighted by Crippen LogP contribution is -2.22. The Kier molecular flexibility index (Phi) is 8.05. The van der Waals surface area contributed by atoms with E-state index in [9.17, 15) is 4.79 Å². The zero-order chi connectivity index (χ0) is 21.7. The summed E-state index contributed by atoms with van der Waals surface area (Å²) >= 11 is 5.70. The molecule has 0 aliphatic heterocycles. The Labute approximate surface area is 198 Å². The third kappa shape index (κ3) is 5.49. The SMILES string of the molecule is CCCCc1nc2ccc(Br)cc2c(=O)n1N=Cc1ccc(O[C@H](C)CC)c(I)c1. The molecule has 0 N–H and O–H groups in total. The summed E-state index contributed by atoms with van der Waals surface area (Å²) in [6, 6.07) is 11.5. The Morgan fingerprint density at radius 2 is 2.07 bits per heavy atom. The molecule has 0 bridgehead atoms. The molecule has 3 rings (SSSR count). The summed E-state index contributed by atoms with van der Waals surface area (Å²) in [5.74, 6) is 1.54. The van der Waals surface area contributed by atoms with Crippen LogP contribution in [0.15, 0.2) is 50.8 Å².